The zero-order chi connectivity index (χ0) is 19.1. The van der Waals surface area contributed by atoms with Crippen molar-refractivity contribution in [1.82, 2.24) is 14.5 Å². The Bertz CT molecular complexity index is 1020. The standard InChI is InChI=1S/C23H25N3O2/c1-16-6-2-5-9-21(16)28-13-12-25-20-8-4-3-7-19(20)24-23(25)17-14-22(27)26(15-17)18-10-11-18/h2-9,17-18H,10-15H2,1H3. The fourth-order valence-electron chi connectivity index (χ4n) is 4.25. The molecule has 0 N–H and O–H groups in total. The molecule has 5 nitrogen and oxygen atoms in total. The molecule has 1 aromatic heterocycles. The first-order valence-electron chi connectivity index (χ1n) is 10.1. The molecule has 3 aromatic rings. The molecule has 5 heteroatoms. The highest BCUT2D eigenvalue weighted by Gasteiger charge is 2.41. The highest BCUT2D eigenvalue weighted by Crippen LogP contribution is 2.37. The number of hydrogen-bond acceptors (Lipinski definition) is 3. The monoisotopic (exact) mass is 375 g/mol. The Morgan fingerprint density at radius 3 is 2.71 bits per heavy atom. The summed E-state index contributed by atoms with van der Waals surface area (Å²) in [5.41, 5.74) is 3.24. The molecular weight excluding hydrogens is 350 g/mol. The molecule has 0 spiro atoms. The predicted molar refractivity (Wildman–Crippen MR) is 109 cm³/mol. The molecule has 0 radical (unpaired) electrons. The first kappa shape index (κ1) is 17.3. The van der Waals surface area contributed by atoms with Crippen LogP contribution >= 0.6 is 0 Å². The molecule has 144 valence electrons. The number of amides is 1. The van der Waals surface area contributed by atoms with Crippen molar-refractivity contribution in [2.45, 2.75) is 44.7 Å². The molecule has 28 heavy (non-hydrogen) atoms. The van der Waals surface area contributed by atoms with Crippen LogP contribution in [0.25, 0.3) is 11.0 Å². The highest BCUT2D eigenvalue weighted by molar-refractivity contribution is 5.81. The van der Waals surface area contributed by atoms with Crippen molar-refractivity contribution in [3.63, 3.8) is 0 Å². The molecule has 5 rings (SSSR count). The van der Waals surface area contributed by atoms with Crippen LogP contribution in [-0.2, 0) is 11.3 Å². The second-order valence-electron chi connectivity index (χ2n) is 7.90. The van der Waals surface area contributed by atoms with Crippen LogP contribution in [0, 0.1) is 6.92 Å². The van der Waals surface area contributed by atoms with Gasteiger partial charge in [0.05, 0.1) is 17.6 Å². The van der Waals surface area contributed by atoms with Crippen LogP contribution < -0.4 is 4.74 Å². The van der Waals surface area contributed by atoms with Gasteiger partial charge < -0.3 is 14.2 Å². The Kier molecular flexibility index (Phi) is 4.30. The van der Waals surface area contributed by atoms with Gasteiger partial charge in [0.25, 0.3) is 0 Å². The number of fused-ring (bicyclic) bond motifs is 1. The lowest BCUT2D eigenvalue weighted by atomic mass is 10.1. The maximum absolute atomic E-state index is 12.5. The lowest BCUT2D eigenvalue weighted by molar-refractivity contribution is -0.128. The van der Waals surface area contributed by atoms with Crippen LogP contribution in [0.2, 0.25) is 0 Å². The molecule has 1 unspecified atom stereocenters. The van der Waals surface area contributed by atoms with Gasteiger partial charge in [-0.1, -0.05) is 30.3 Å². The van der Waals surface area contributed by atoms with E-state index in [4.69, 9.17) is 9.72 Å². The number of aromatic nitrogens is 2. The summed E-state index contributed by atoms with van der Waals surface area (Å²) in [4.78, 5) is 19.4. The summed E-state index contributed by atoms with van der Waals surface area (Å²) in [5.74, 6) is 2.39. The summed E-state index contributed by atoms with van der Waals surface area (Å²) in [6.07, 6.45) is 2.87. The third kappa shape index (κ3) is 3.15. The zero-order valence-corrected chi connectivity index (χ0v) is 16.2. The number of carbonyl (C=O) groups excluding carboxylic acids is 1. The number of para-hydroxylation sites is 3. The third-order valence-corrected chi connectivity index (χ3v) is 5.86. The molecule has 1 aliphatic heterocycles. The van der Waals surface area contributed by atoms with Crippen LogP contribution in [0.15, 0.2) is 48.5 Å². The van der Waals surface area contributed by atoms with Crippen molar-refractivity contribution in [2.24, 2.45) is 0 Å². The van der Waals surface area contributed by atoms with Crippen molar-refractivity contribution in [2.75, 3.05) is 13.2 Å². The molecule has 2 aliphatic rings. The molecule has 2 heterocycles. The van der Waals surface area contributed by atoms with E-state index in [1.165, 1.54) is 0 Å². The van der Waals surface area contributed by atoms with Gasteiger partial charge in [0, 0.05) is 24.9 Å². The smallest absolute Gasteiger partial charge is 0.223 e. The molecule has 1 aliphatic carbocycles. The van der Waals surface area contributed by atoms with Gasteiger partial charge >= 0.3 is 0 Å². The number of hydrogen-bond donors (Lipinski definition) is 0. The first-order valence-corrected chi connectivity index (χ1v) is 10.1. The third-order valence-electron chi connectivity index (χ3n) is 5.86. The second kappa shape index (κ2) is 6.97. The Morgan fingerprint density at radius 1 is 1.11 bits per heavy atom. The molecule has 1 amide bonds. The van der Waals surface area contributed by atoms with Crippen molar-refractivity contribution in [1.29, 1.82) is 0 Å². The lowest BCUT2D eigenvalue weighted by Gasteiger charge is -2.17. The summed E-state index contributed by atoms with van der Waals surface area (Å²) >= 11 is 0. The van der Waals surface area contributed by atoms with E-state index in [1.54, 1.807) is 0 Å². The SMILES string of the molecule is Cc1ccccc1OCCn1c(C2CC(=O)N(C3CC3)C2)nc2ccccc21. The van der Waals surface area contributed by atoms with Crippen LogP contribution in [0.3, 0.4) is 0 Å². The first-order chi connectivity index (χ1) is 13.7. The van der Waals surface area contributed by atoms with E-state index in [2.05, 4.69) is 28.5 Å². The van der Waals surface area contributed by atoms with Crippen LogP contribution in [0.5, 0.6) is 5.75 Å². The number of aryl methyl sites for hydroxylation is 1. The number of rotatable bonds is 6. The van der Waals surface area contributed by atoms with E-state index in [0.29, 0.717) is 19.1 Å². The number of benzene rings is 2. The predicted octanol–water partition coefficient (Wildman–Crippen LogP) is 3.90. The average molecular weight is 375 g/mol. The van der Waals surface area contributed by atoms with Gasteiger partial charge in [-0.05, 0) is 43.5 Å². The molecule has 0 bridgehead atoms. The van der Waals surface area contributed by atoms with Crippen LogP contribution in [0.4, 0.5) is 0 Å². The minimum Gasteiger partial charge on any atom is -0.491 e. The van der Waals surface area contributed by atoms with E-state index in [9.17, 15) is 4.79 Å². The molecule has 1 saturated carbocycles. The van der Waals surface area contributed by atoms with Gasteiger partial charge in [-0.25, -0.2) is 4.98 Å². The molecule has 2 fully saturated rings. The van der Waals surface area contributed by atoms with Crippen molar-refractivity contribution in [3.05, 3.63) is 59.9 Å². The maximum Gasteiger partial charge on any atom is 0.223 e. The average Bonchev–Trinajstić information content (AvgIpc) is 3.38. The van der Waals surface area contributed by atoms with Crippen LogP contribution in [0.1, 0.15) is 36.6 Å². The van der Waals surface area contributed by atoms with Gasteiger partial charge in [0.15, 0.2) is 0 Å². The summed E-state index contributed by atoms with van der Waals surface area (Å²) in [5, 5.41) is 0. The molecule has 1 atom stereocenters. The number of carbonyl (C=O) groups is 1. The quantitative estimate of drug-likeness (QED) is 0.656. The number of imidazole rings is 1. The normalized spacial score (nSPS) is 19.5. The second-order valence-corrected chi connectivity index (χ2v) is 7.90. The van der Waals surface area contributed by atoms with Gasteiger partial charge in [-0.2, -0.15) is 0 Å². The zero-order valence-electron chi connectivity index (χ0n) is 16.2. The van der Waals surface area contributed by atoms with Gasteiger partial charge in [-0.15, -0.1) is 0 Å². The van der Waals surface area contributed by atoms with Gasteiger partial charge in [0.2, 0.25) is 5.91 Å². The maximum atomic E-state index is 12.5. The molecule has 1 saturated heterocycles. The Hall–Kier alpha value is -2.82. The fourth-order valence-corrected chi connectivity index (χ4v) is 4.25. The number of nitrogens with zero attached hydrogens (tertiary/aromatic N) is 3. The lowest BCUT2D eigenvalue weighted by Crippen LogP contribution is -2.27. The van der Waals surface area contributed by atoms with Crippen molar-refractivity contribution >= 4 is 16.9 Å². The largest absolute Gasteiger partial charge is 0.491 e. The minimum absolute atomic E-state index is 0.166. The number of ether oxygens (including phenoxy) is 1. The minimum atomic E-state index is 0.166. The van der Waals surface area contributed by atoms with Crippen LogP contribution in [-0.4, -0.2) is 39.6 Å². The Labute approximate surface area is 164 Å². The van der Waals surface area contributed by atoms with E-state index < -0.39 is 0 Å². The van der Waals surface area contributed by atoms with E-state index in [1.807, 2.05) is 36.4 Å². The highest BCUT2D eigenvalue weighted by atomic mass is 16.5. The van der Waals surface area contributed by atoms with Gasteiger partial charge in [0.1, 0.15) is 18.2 Å². The van der Waals surface area contributed by atoms with Crippen molar-refractivity contribution in [3.8, 4) is 5.75 Å². The summed E-state index contributed by atoms with van der Waals surface area (Å²) in [6, 6.07) is 16.8. The fraction of sp³-hybridized carbons (Fsp3) is 0.391. The topological polar surface area (TPSA) is 47.4 Å². The Morgan fingerprint density at radius 2 is 1.89 bits per heavy atom. The molecule has 2 aromatic carbocycles. The number of likely N-dealkylation sites (tertiary alicyclic amines) is 1. The molecular formula is C23H25N3O2. The van der Waals surface area contributed by atoms with E-state index >= 15 is 0 Å². The van der Waals surface area contributed by atoms with Gasteiger partial charge in [-0.3, -0.25) is 4.79 Å². The van der Waals surface area contributed by atoms with Crippen molar-refractivity contribution < 1.29 is 9.53 Å². The Balaban J connectivity index is 1.40. The van der Waals surface area contributed by atoms with E-state index in [0.717, 1.165) is 54.1 Å². The summed E-state index contributed by atoms with van der Waals surface area (Å²) in [7, 11) is 0. The summed E-state index contributed by atoms with van der Waals surface area (Å²) in [6.45, 7) is 4.15. The summed E-state index contributed by atoms with van der Waals surface area (Å²) < 4.78 is 8.29. The van der Waals surface area contributed by atoms with E-state index in [-0.39, 0.29) is 11.8 Å².